The van der Waals surface area contributed by atoms with Crippen LogP contribution in [0.1, 0.15) is 77.0 Å². The van der Waals surface area contributed by atoms with Gasteiger partial charge in [0.25, 0.3) is 0 Å². The molecular formula is C24H37NO5. The van der Waals surface area contributed by atoms with E-state index in [4.69, 9.17) is 0 Å². The highest BCUT2D eigenvalue weighted by molar-refractivity contribution is 6.02. The fourth-order valence-corrected chi connectivity index (χ4v) is 6.36. The number of amides is 2. The highest BCUT2D eigenvalue weighted by Crippen LogP contribution is 2.43. The molecule has 3 N–H and O–H groups in total. The molecule has 2 saturated carbocycles. The third-order valence-electron chi connectivity index (χ3n) is 8.10. The van der Waals surface area contributed by atoms with E-state index in [1.54, 1.807) is 0 Å². The summed E-state index contributed by atoms with van der Waals surface area (Å²) >= 11 is 0. The van der Waals surface area contributed by atoms with E-state index in [2.05, 4.69) is 6.08 Å². The zero-order chi connectivity index (χ0) is 21.3. The van der Waals surface area contributed by atoms with E-state index in [9.17, 15) is 24.9 Å². The minimum atomic E-state index is -0.399. The highest BCUT2D eigenvalue weighted by atomic mass is 16.3. The molecule has 168 valence electrons. The molecule has 1 saturated heterocycles. The Balaban J connectivity index is 1.47. The van der Waals surface area contributed by atoms with Crippen molar-refractivity contribution in [1.82, 2.24) is 4.90 Å². The smallest absolute Gasteiger partial charge is 0.229 e. The lowest BCUT2D eigenvalue weighted by molar-refractivity contribution is -0.146. The maximum Gasteiger partial charge on any atom is 0.229 e. The first kappa shape index (κ1) is 22.0. The maximum atomic E-state index is 12.5. The van der Waals surface area contributed by atoms with Gasteiger partial charge in [0.2, 0.25) is 11.8 Å². The summed E-state index contributed by atoms with van der Waals surface area (Å²) in [5.74, 6) is 0.952. The molecule has 1 aliphatic heterocycles. The van der Waals surface area contributed by atoms with Crippen LogP contribution < -0.4 is 0 Å². The SMILES string of the molecule is O=C1CCC(=O)N1C1CC(CC2CCC(O)CC2)C(O)CC1CC1C=CC(O)CC1. The molecule has 6 nitrogen and oxygen atoms in total. The fraction of sp³-hybridized carbons (Fsp3) is 0.833. The predicted octanol–water partition coefficient (Wildman–Crippen LogP) is 2.55. The lowest BCUT2D eigenvalue weighted by Crippen LogP contribution is -2.51. The van der Waals surface area contributed by atoms with Crippen LogP contribution in [0.3, 0.4) is 0 Å². The second-order valence-electron chi connectivity index (χ2n) is 10.2. The van der Waals surface area contributed by atoms with E-state index in [0.29, 0.717) is 37.5 Å². The minimum Gasteiger partial charge on any atom is -0.393 e. The number of nitrogens with zero attached hydrogens (tertiary/aromatic N) is 1. The van der Waals surface area contributed by atoms with Crippen molar-refractivity contribution < 1.29 is 24.9 Å². The van der Waals surface area contributed by atoms with Crippen LogP contribution in [0.25, 0.3) is 0 Å². The summed E-state index contributed by atoms with van der Waals surface area (Å²) in [4.78, 5) is 26.6. The van der Waals surface area contributed by atoms with Crippen LogP contribution in [0.5, 0.6) is 0 Å². The summed E-state index contributed by atoms with van der Waals surface area (Å²) in [5.41, 5.74) is 0. The van der Waals surface area contributed by atoms with Gasteiger partial charge in [-0.25, -0.2) is 0 Å². The van der Waals surface area contributed by atoms with Gasteiger partial charge >= 0.3 is 0 Å². The summed E-state index contributed by atoms with van der Waals surface area (Å²) in [6.07, 6.45) is 12.0. The van der Waals surface area contributed by atoms with Gasteiger partial charge in [-0.3, -0.25) is 14.5 Å². The molecule has 6 atom stereocenters. The van der Waals surface area contributed by atoms with Crippen LogP contribution in [0.4, 0.5) is 0 Å². The number of hydrogen-bond acceptors (Lipinski definition) is 5. The standard InChI is InChI=1S/C24H37NO5/c26-19-5-1-15(2-6-19)11-17-14-22(28)18(12-16-3-7-20(27)8-4-16)13-21(17)25-23(29)9-10-24(25)30/h1,5,15-22,26-28H,2-4,6-14H2. The molecule has 0 radical (unpaired) electrons. The van der Waals surface area contributed by atoms with E-state index in [1.165, 1.54) is 4.90 Å². The van der Waals surface area contributed by atoms with Crippen molar-refractivity contribution in [2.75, 3.05) is 0 Å². The van der Waals surface area contributed by atoms with Crippen molar-refractivity contribution in [3.8, 4) is 0 Å². The average Bonchev–Trinajstić information content (AvgIpc) is 3.05. The molecule has 2 amide bonds. The Morgan fingerprint density at radius 2 is 1.50 bits per heavy atom. The van der Waals surface area contributed by atoms with Gasteiger partial charge in [-0.2, -0.15) is 0 Å². The fourth-order valence-electron chi connectivity index (χ4n) is 6.36. The van der Waals surface area contributed by atoms with Crippen molar-refractivity contribution in [3.63, 3.8) is 0 Å². The van der Waals surface area contributed by atoms with Crippen molar-refractivity contribution in [1.29, 1.82) is 0 Å². The molecule has 0 bridgehead atoms. The number of rotatable bonds is 5. The molecule has 0 aromatic carbocycles. The maximum absolute atomic E-state index is 12.5. The predicted molar refractivity (Wildman–Crippen MR) is 112 cm³/mol. The zero-order valence-corrected chi connectivity index (χ0v) is 17.9. The second kappa shape index (κ2) is 9.49. The van der Waals surface area contributed by atoms with Gasteiger partial charge in [0.1, 0.15) is 0 Å². The molecule has 6 heteroatoms. The Bertz CT molecular complexity index is 640. The van der Waals surface area contributed by atoms with Gasteiger partial charge in [0, 0.05) is 18.9 Å². The monoisotopic (exact) mass is 419 g/mol. The van der Waals surface area contributed by atoms with Crippen molar-refractivity contribution >= 4 is 11.8 Å². The number of allylic oxidation sites excluding steroid dienone is 1. The van der Waals surface area contributed by atoms with Crippen molar-refractivity contribution in [3.05, 3.63) is 12.2 Å². The topological polar surface area (TPSA) is 98.1 Å². The summed E-state index contributed by atoms with van der Waals surface area (Å²) in [5, 5.41) is 30.5. The van der Waals surface area contributed by atoms with Crippen LogP contribution in [-0.4, -0.2) is 56.4 Å². The van der Waals surface area contributed by atoms with Crippen molar-refractivity contribution in [2.24, 2.45) is 23.7 Å². The zero-order valence-electron chi connectivity index (χ0n) is 17.9. The van der Waals surface area contributed by atoms with Gasteiger partial charge in [-0.15, -0.1) is 0 Å². The Hall–Kier alpha value is -1.24. The third kappa shape index (κ3) is 4.97. The van der Waals surface area contributed by atoms with Crippen LogP contribution in [0.15, 0.2) is 12.2 Å². The number of carbonyl (C=O) groups is 2. The lowest BCUT2D eigenvalue weighted by Gasteiger charge is -2.45. The highest BCUT2D eigenvalue weighted by Gasteiger charge is 2.45. The molecule has 1 heterocycles. The van der Waals surface area contributed by atoms with E-state index < -0.39 is 6.10 Å². The number of likely N-dealkylation sites (tertiary alicyclic amines) is 1. The van der Waals surface area contributed by atoms with Gasteiger partial charge in [-0.1, -0.05) is 12.2 Å². The first-order valence-electron chi connectivity index (χ1n) is 12.0. The van der Waals surface area contributed by atoms with Crippen LogP contribution in [0, 0.1) is 23.7 Å². The first-order valence-corrected chi connectivity index (χ1v) is 12.0. The summed E-state index contributed by atoms with van der Waals surface area (Å²) in [7, 11) is 0. The first-order chi connectivity index (χ1) is 14.4. The molecular weight excluding hydrogens is 382 g/mol. The normalized spacial score (nSPS) is 42.7. The number of hydrogen-bond donors (Lipinski definition) is 3. The van der Waals surface area contributed by atoms with Crippen LogP contribution in [0.2, 0.25) is 0 Å². The summed E-state index contributed by atoms with van der Waals surface area (Å²) in [6.45, 7) is 0. The molecule has 6 unspecified atom stereocenters. The number of aliphatic hydroxyl groups excluding tert-OH is 3. The van der Waals surface area contributed by atoms with Crippen molar-refractivity contribution in [2.45, 2.75) is 101 Å². The molecule has 4 rings (SSSR count). The summed E-state index contributed by atoms with van der Waals surface area (Å²) in [6, 6.07) is -0.115. The van der Waals surface area contributed by atoms with E-state index in [1.807, 2.05) is 6.08 Å². The Morgan fingerprint density at radius 1 is 0.800 bits per heavy atom. The quantitative estimate of drug-likeness (QED) is 0.470. The van der Waals surface area contributed by atoms with Crippen LogP contribution in [-0.2, 0) is 9.59 Å². The molecule has 30 heavy (non-hydrogen) atoms. The molecule has 0 spiro atoms. The number of imide groups is 1. The third-order valence-corrected chi connectivity index (χ3v) is 8.10. The van der Waals surface area contributed by atoms with Gasteiger partial charge in [-0.05, 0) is 87.9 Å². The Morgan fingerprint density at radius 3 is 2.13 bits per heavy atom. The van der Waals surface area contributed by atoms with Gasteiger partial charge in [0.05, 0.1) is 18.3 Å². The molecule has 4 aliphatic rings. The number of carbonyl (C=O) groups excluding carboxylic acids is 2. The second-order valence-corrected chi connectivity index (χ2v) is 10.2. The minimum absolute atomic E-state index is 0.0551. The Kier molecular flexibility index (Phi) is 6.95. The van der Waals surface area contributed by atoms with Crippen LogP contribution >= 0.6 is 0 Å². The molecule has 0 aromatic rings. The molecule has 0 aromatic heterocycles. The van der Waals surface area contributed by atoms with Gasteiger partial charge in [0.15, 0.2) is 0 Å². The van der Waals surface area contributed by atoms with Gasteiger partial charge < -0.3 is 15.3 Å². The lowest BCUT2D eigenvalue weighted by atomic mass is 9.68. The summed E-state index contributed by atoms with van der Waals surface area (Å²) < 4.78 is 0. The van der Waals surface area contributed by atoms with E-state index >= 15 is 0 Å². The van der Waals surface area contributed by atoms with E-state index in [-0.39, 0.29) is 41.9 Å². The average molecular weight is 420 g/mol. The number of aliphatic hydroxyl groups is 3. The largest absolute Gasteiger partial charge is 0.393 e. The molecule has 3 aliphatic carbocycles. The molecule has 3 fully saturated rings. The Labute approximate surface area is 179 Å². The van der Waals surface area contributed by atoms with E-state index in [0.717, 1.165) is 51.4 Å².